The third-order valence-electron chi connectivity index (χ3n) is 3.86. The monoisotopic (exact) mass is 450 g/mol. The minimum absolute atomic E-state index is 0.0467. The number of nitrogens with zero attached hydrogens (tertiary/aromatic N) is 1. The van der Waals surface area contributed by atoms with Gasteiger partial charge in [0.15, 0.2) is 0 Å². The van der Waals surface area contributed by atoms with Gasteiger partial charge in [0.25, 0.3) is 5.91 Å². The second-order valence-corrected chi connectivity index (χ2v) is 6.72. The van der Waals surface area contributed by atoms with Gasteiger partial charge < -0.3 is 14.5 Å². The van der Waals surface area contributed by atoms with Crippen LogP contribution >= 0.6 is 15.9 Å². The zero-order chi connectivity index (χ0) is 20.6. The van der Waals surface area contributed by atoms with Crippen LogP contribution in [0.1, 0.15) is 21.7 Å². The Bertz CT molecular complexity index is 1080. The first-order valence-corrected chi connectivity index (χ1v) is 9.35. The summed E-state index contributed by atoms with van der Waals surface area (Å²) < 4.78 is 11.1. The average Bonchev–Trinajstić information content (AvgIpc) is 3.25. The van der Waals surface area contributed by atoms with Crippen molar-refractivity contribution in [2.75, 3.05) is 0 Å². The van der Waals surface area contributed by atoms with Crippen LogP contribution in [0.2, 0.25) is 0 Å². The molecule has 144 valence electrons. The van der Waals surface area contributed by atoms with Gasteiger partial charge in [-0.3, -0.25) is 4.79 Å². The van der Waals surface area contributed by atoms with Gasteiger partial charge in [-0.2, -0.15) is 5.26 Å². The number of nitrogens with one attached hydrogen (secondary N) is 1. The largest absolute Gasteiger partial charge is 0.467 e. The molecule has 3 aromatic rings. The Labute approximate surface area is 175 Å². The van der Waals surface area contributed by atoms with Crippen molar-refractivity contribution in [1.29, 1.82) is 5.26 Å². The molecule has 0 aliphatic rings. The van der Waals surface area contributed by atoms with Gasteiger partial charge in [-0.15, -0.1) is 0 Å². The van der Waals surface area contributed by atoms with E-state index in [9.17, 15) is 14.9 Å². The standard InChI is InChI=1S/C22H15BrN2O4/c23-20-6-2-1-5-19(20)22(27)29-17-9-7-15(8-10-17)12-16(13-24)21(26)25-14-18-4-3-11-28-18/h1-12H,14H2,(H,25,26)/b16-12+. The van der Waals surface area contributed by atoms with Crippen LogP contribution in [0.4, 0.5) is 0 Å². The minimum atomic E-state index is -0.506. The summed E-state index contributed by atoms with van der Waals surface area (Å²) in [5.74, 6) is -0.0559. The number of halogens is 1. The Hall–Kier alpha value is -3.63. The van der Waals surface area contributed by atoms with Crippen LogP contribution in [-0.4, -0.2) is 11.9 Å². The van der Waals surface area contributed by atoms with Crippen LogP contribution in [0.5, 0.6) is 5.75 Å². The summed E-state index contributed by atoms with van der Waals surface area (Å²) in [5.41, 5.74) is 0.987. The maximum absolute atomic E-state index is 12.2. The molecule has 0 aliphatic heterocycles. The van der Waals surface area contributed by atoms with E-state index in [1.54, 1.807) is 60.7 Å². The predicted molar refractivity (Wildman–Crippen MR) is 110 cm³/mol. The first kappa shape index (κ1) is 20.1. The molecular weight excluding hydrogens is 436 g/mol. The van der Waals surface area contributed by atoms with E-state index in [2.05, 4.69) is 21.2 Å². The number of hydrogen-bond donors (Lipinski definition) is 1. The van der Waals surface area contributed by atoms with E-state index in [1.165, 1.54) is 12.3 Å². The summed E-state index contributed by atoms with van der Waals surface area (Å²) in [6.07, 6.45) is 2.96. The molecule has 1 N–H and O–H groups in total. The van der Waals surface area contributed by atoms with Gasteiger partial charge in [0.2, 0.25) is 0 Å². The topological polar surface area (TPSA) is 92.3 Å². The van der Waals surface area contributed by atoms with E-state index in [4.69, 9.17) is 9.15 Å². The van der Waals surface area contributed by atoms with Crippen molar-refractivity contribution in [2.45, 2.75) is 6.54 Å². The molecule has 0 spiro atoms. The maximum Gasteiger partial charge on any atom is 0.344 e. The molecular formula is C22H15BrN2O4. The van der Waals surface area contributed by atoms with Crippen LogP contribution in [0.25, 0.3) is 6.08 Å². The minimum Gasteiger partial charge on any atom is -0.467 e. The molecule has 0 aliphatic carbocycles. The van der Waals surface area contributed by atoms with Gasteiger partial charge in [0, 0.05) is 4.47 Å². The van der Waals surface area contributed by atoms with Crippen LogP contribution in [0, 0.1) is 11.3 Å². The van der Waals surface area contributed by atoms with Gasteiger partial charge >= 0.3 is 5.97 Å². The van der Waals surface area contributed by atoms with Crippen molar-refractivity contribution >= 4 is 33.9 Å². The summed E-state index contributed by atoms with van der Waals surface area (Å²) in [6, 6.07) is 18.8. The number of nitriles is 1. The van der Waals surface area contributed by atoms with Crippen molar-refractivity contribution < 1.29 is 18.7 Å². The average molecular weight is 451 g/mol. The van der Waals surface area contributed by atoms with E-state index in [0.717, 1.165) is 0 Å². The van der Waals surface area contributed by atoms with E-state index in [-0.39, 0.29) is 12.1 Å². The molecule has 0 atom stereocenters. The normalized spacial score (nSPS) is 10.8. The number of furan rings is 1. The summed E-state index contributed by atoms with van der Waals surface area (Å²) in [7, 11) is 0. The fourth-order valence-electron chi connectivity index (χ4n) is 2.41. The van der Waals surface area contributed by atoms with E-state index in [0.29, 0.717) is 27.1 Å². The smallest absolute Gasteiger partial charge is 0.344 e. The van der Waals surface area contributed by atoms with Crippen LogP contribution < -0.4 is 10.1 Å². The maximum atomic E-state index is 12.2. The van der Waals surface area contributed by atoms with E-state index in [1.807, 2.05) is 6.07 Å². The number of carbonyl (C=O) groups is 2. The number of esters is 1. The van der Waals surface area contributed by atoms with E-state index >= 15 is 0 Å². The zero-order valence-corrected chi connectivity index (χ0v) is 16.7. The third kappa shape index (κ3) is 5.43. The Morgan fingerprint density at radius 1 is 1.10 bits per heavy atom. The lowest BCUT2D eigenvalue weighted by molar-refractivity contribution is -0.117. The number of carbonyl (C=O) groups excluding carboxylic acids is 2. The molecule has 0 saturated carbocycles. The highest BCUT2D eigenvalue weighted by Crippen LogP contribution is 2.20. The molecule has 6 nitrogen and oxygen atoms in total. The van der Waals surface area contributed by atoms with Gasteiger partial charge in [0.05, 0.1) is 18.4 Å². The fraction of sp³-hybridized carbons (Fsp3) is 0.0455. The molecule has 2 aromatic carbocycles. The Morgan fingerprint density at radius 3 is 2.52 bits per heavy atom. The third-order valence-corrected chi connectivity index (χ3v) is 4.56. The number of rotatable bonds is 6. The molecule has 0 radical (unpaired) electrons. The van der Waals surface area contributed by atoms with Crippen LogP contribution in [0.3, 0.4) is 0 Å². The Morgan fingerprint density at radius 2 is 1.86 bits per heavy atom. The van der Waals surface area contributed by atoms with E-state index < -0.39 is 11.9 Å². The molecule has 0 saturated heterocycles. The van der Waals surface area contributed by atoms with Gasteiger partial charge in [-0.05, 0) is 64.0 Å². The van der Waals surface area contributed by atoms with Crippen molar-refractivity contribution in [3.05, 3.63) is 93.9 Å². The number of hydrogen-bond acceptors (Lipinski definition) is 5. The Balaban J connectivity index is 1.65. The molecule has 1 amide bonds. The molecule has 0 bridgehead atoms. The summed E-state index contributed by atoms with van der Waals surface area (Å²) >= 11 is 3.31. The summed E-state index contributed by atoms with van der Waals surface area (Å²) in [4.78, 5) is 24.4. The SMILES string of the molecule is N#C/C(=C\c1ccc(OC(=O)c2ccccc2Br)cc1)C(=O)NCc1ccco1. The quantitative estimate of drug-likeness (QED) is 0.258. The molecule has 1 aromatic heterocycles. The van der Waals surface area contributed by atoms with Crippen molar-refractivity contribution in [3.8, 4) is 11.8 Å². The first-order chi connectivity index (χ1) is 14.1. The molecule has 1 heterocycles. The highest BCUT2D eigenvalue weighted by atomic mass is 79.9. The lowest BCUT2D eigenvalue weighted by atomic mass is 10.1. The van der Waals surface area contributed by atoms with Crippen LogP contribution in [-0.2, 0) is 11.3 Å². The summed E-state index contributed by atoms with van der Waals surface area (Å²) in [5, 5.41) is 11.9. The van der Waals surface area contributed by atoms with Gasteiger partial charge in [-0.1, -0.05) is 24.3 Å². The van der Waals surface area contributed by atoms with Crippen molar-refractivity contribution in [3.63, 3.8) is 0 Å². The lowest BCUT2D eigenvalue weighted by Gasteiger charge is -2.06. The van der Waals surface area contributed by atoms with Crippen molar-refractivity contribution in [2.24, 2.45) is 0 Å². The van der Waals surface area contributed by atoms with Crippen molar-refractivity contribution in [1.82, 2.24) is 5.32 Å². The fourth-order valence-corrected chi connectivity index (χ4v) is 2.86. The second kappa shape index (κ2) is 9.53. The molecule has 0 fully saturated rings. The number of amides is 1. The van der Waals surface area contributed by atoms with Gasteiger partial charge in [0.1, 0.15) is 23.2 Å². The number of ether oxygens (including phenoxy) is 1. The highest BCUT2D eigenvalue weighted by molar-refractivity contribution is 9.10. The molecule has 7 heteroatoms. The lowest BCUT2D eigenvalue weighted by Crippen LogP contribution is -2.23. The highest BCUT2D eigenvalue weighted by Gasteiger charge is 2.12. The summed E-state index contributed by atoms with van der Waals surface area (Å²) in [6.45, 7) is 0.189. The number of benzene rings is 2. The molecule has 3 rings (SSSR count). The molecule has 29 heavy (non-hydrogen) atoms. The predicted octanol–water partition coefficient (Wildman–Crippen LogP) is 4.48. The Kier molecular flexibility index (Phi) is 6.61. The molecule has 0 unspecified atom stereocenters. The van der Waals surface area contributed by atoms with Crippen LogP contribution in [0.15, 0.2) is 81.4 Å². The van der Waals surface area contributed by atoms with Gasteiger partial charge in [-0.25, -0.2) is 4.79 Å². The second-order valence-electron chi connectivity index (χ2n) is 5.87. The zero-order valence-electron chi connectivity index (χ0n) is 15.1. The first-order valence-electron chi connectivity index (χ1n) is 8.56.